The van der Waals surface area contributed by atoms with Gasteiger partial charge in [0.05, 0.1) is 18.1 Å². The molecule has 27 heavy (non-hydrogen) atoms. The van der Waals surface area contributed by atoms with Crippen molar-refractivity contribution in [2.75, 3.05) is 19.8 Å². The minimum atomic E-state index is -0.492. The van der Waals surface area contributed by atoms with Gasteiger partial charge in [0.15, 0.2) is 0 Å². The van der Waals surface area contributed by atoms with Crippen LogP contribution in [0.1, 0.15) is 31.7 Å². The maximum absolute atomic E-state index is 13.1. The predicted octanol–water partition coefficient (Wildman–Crippen LogP) is 2.98. The topological polar surface area (TPSA) is 71.5 Å². The van der Waals surface area contributed by atoms with E-state index in [-0.39, 0.29) is 18.6 Å². The molecular weight excluding hydrogens is 340 g/mol. The summed E-state index contributed by atoms with van der Waals surface area (Å²) in [5.41, 5.74) is 2.81. The Kier molecular flexibility index (Phi) is 6.58. The fourth-order valence-corrected chi connectivity index (χ4v) is 3.65. The number of carbonyl (C=O) groups excluding carboxylic acids is 1. The Balaban J connectivity index is 1.83. The molecule has 0 spiro atoms. The van der Waals surface area contributed by atoms with E-state index in [0.717, 1.165) is 16.7 Å². The predicted molar refractivity (Wildman–Crippen MR) is 105 cm³/mol. The summed E-state index contributed by atoms with van der Waals surface area (Å²) in [6.07, 6.45) is 6.38. The van der Waals surface area contributed by atoms with Gasteiger partial charge in [-0.15, -0.1) is 0 Å². The van der Waals surface area contributed by atoms with Gasteiger partial charge in [-0.3, -0.25) is 9.78 Å². The van der Waals surface area contributed by atoms with E-state index in [1.165, 1.54) is 0 Å². The number of hydrogen-bond acceptors (Lipinski definition) is 4. The number of amides is 1. The first kappa shape index (κ1) is 19.5. The third kappa shape index (κ3) is 4.73. The van der Waals surface area contributed by atoms with E-state index in [9.17, 15) is 9.90 Å². The summed E-state index contributed by atoms with van der Waals surface area (Å²) in [6.45, 7) is 3.11. The van der Waals surface area contributed by atoms with Gasteiger partial charge in [0.1, 0.15) is 0 Å². The summed E-state index contributed by atoms with van der Waals surface area (Å²) >= 11 is 0. The number of nitrogens with zero attached hydrogens (tertiary/aromatic N) is 1. The zero-order chi connectivity index (χ0) is 19.1. The molecule has 3 rings (SSSR count). The van der Waals surface area contributed by atoms with Gasteiger partial charge in [-0.2, -0.15) is 0 Å². The SMILES string of the molecule is CC[C@H](CO)NC(=O)C1(Cc2cccc(-c3cccnc3)c2)CCOCC1. The summed E-state index contributed by atoms with van der Waals surface area (Å²) in [5, 5.41) is 12.5. The van der Waals surface area contributed by atoms with Crippen LogP contribution in [0.2, 0.25) is 0 Å². The van der Waals surface area contributed by atoms with Crippen molar-refractivity contribution in [3.63, 3.8) is 0 Å². The van der Waals surface area contributed by atoms with E-state index < -0.39 is 5.41 Å². The van der Waals surface area contributed by atoms with Crippen LogP contribution in [0.5, 0.6) is 0 Å². The van der Waals surface area contributed by atoms with Gasteiger partial charge in [-0.25, -0.2) is 0 Å². The van der Waals surface area contributed by atoms with Crippen molar-refractivity contribution in [3.05, 3.63) is 54.4 Å². The van der Waals surface area contributed by atoms with Gasteiger partial charge in [0, 0.05) is 25.6 Å². The van der Waals surface area contributed by atoms with Gasteiger partial charge in [0.2, 0.25) is 5.91 Å². The first-order chi connectivity index (χ1) is 13.2. The molecule has 1 atom stereocenters. The Morgan fingerprint density at radius 1 is 1.26 bits per heavy atom. The van der Waals surface area contributed by atoms with Crippen molar-refractivity contribution in [1.29, 1.82) is 0 Å². The molecule has 0 radical (unpaired) electrons. The molecule has 0 saturated carbocycles. The maximum Gasteiger partial charge on any atom is 0.227 e. The second-order valence-electron chi connectivity index (χ2n) is 7.27. The van der Waals surface area contributed by atoms with Crippen LogP contribution < -0.4 is 5.32 Å². The van der Waals surface area contributed by atoms with Crippen LogP contribution >= 0.6 is 0 Å². The second kappa shape index (κ2) is 9.11. The molecule has 0 aliphatic carbocycles. The second-order valence-corrected chi connectivity index (χ2v) is 7.27. The Hall–Kier alpha value is -2.24. The standard InChI is InChI=1S/C22H28N2O3/c1-2-20(16-25)24-21(26)22(8-11-27-12-9-22)14-17-5-3-6-18(13-17)19-7-4-10-23-15-19/h3-7,10,13,15,20,25H,2,8-9,11-12,14,16H2,1H3,(H,24,26)/t20-/m1/s1. The van der Waals surface area contributed by atoms with Gasteiger partial charge < -0.3 is 15.2 Å². The summed E-state index contributed by atoms with van der Waals surface area (Å²) < 4.78 is 5.53. The normalized spacial score (nSPS) is 17.3. The van der Waals surface area contributed by atoms with Crippen LogP contribution in [-0.2, 0) is 16.0 Å². The Labute approximate surface area is 160 Å². The smallest absolute Gasteiger partial charge is 0.227 e. The number of aliphatic hydroxyl groups excluding tert-OH is 1. The average molecular weight is 368 g/mol. The molecule has 5 heteroatoms. The molecule has 1 amide bonds. The number of carbonyl (C=O) groups is 1. The molecule has 1 aliphatic rings. The third-order valence-corrected chi connectivity index (χ3v) is 5.44. The number of aliphatic hydroxyl groups is 1. The summed E-state index contributed by atoms with van der Waals surface area (Å²) in [5.74, 6) is 0.0264. The van der Waals surface area contributed by atoms with Crippen LogP contribution in [0, 0.1) is 5.41 Å². The highest BCUT2D eigenvalue weighted by atomic mass is 16.5. The number of hydrogen-bond donors (Lipinski definition) is 2. The molecule has 1 aromatic carbocycles. The maximum atomic E-state index is 13.1. The number of benzene rings is 1. The monoisotopic (exact) mass is 368 g/mol. The van der Waals surface area contributed by atoms with E-state index in [0.29, 0.717) is 38.9 Å². The number of rotatable bonds is 7. The molecule has 1 aliphatic heterocycles. The van der Waals surface area contributed by atoms with E-state index in [1.54, 1.807) is 6.20 Å². The van der Waals surface area contributed by atoms with Crippen LogP contribution in [0.3, 0.4) is 0 Å². The zero-order valence-corrected chi connectivity index (χ0v) is 15.9. The van der Waals surface area contributed by atoms with Crippen molar-refractivity contribution in [2.24, 2.45) is 5.41 Å². The molecule has 5 nitrogen and oxygen atoms in total. The molecule has 0 bridgehead atoms. The molecule has 144 valence electrons. The van der Waals surface area contributed by atoms with Crippen molar-refractivity contribution < 1.29 is 14.6 Å². The van der Waals surface area contributed by atoms with Gasteiger partial charge in [0.25, 0.3) is 0 Å². The highest BCUT2D eigenvalue weighted by Crippen LogP contribution is 2.36. The molecule has 2 aromatic rings. The largest absolute Gasteiger partial charge is 0.394 e. The molecule has 2 N–H and O–H groups in total. The molecule has 1 saturated heterocycles. The Morgan fingerprint density at radius 2 is 2.04 bits per heavy atom. The number of aromatic nitrogens is 1. The fraction of sp³-hybridized carbons (Fsp3) is 0.455. The van der Waals surface area contributed by atoms with Crippen molar-refractivity contribution in [3.8, 4) is 11.1 Å². The lowest BCUT2D eigenvalue weighted by atomic mass is 9.74. The van der Waals surface area contributed by atoms with Crippen molar-refractivity contribution in [2.45, 2.75) is 38.6 Å². The van der Waals surface area contributed by atoms with Gasteiger partial charge in [-0.05, 0) is 48.4 Å². The summed E-state index contributed by atoms with van der Waals surface area (Å²) in [4.78, 5) is 17.3. The Morgan fingerprint density at radius 3 is 2.70 bits per heavy atom. The van der Waals surface area contributed by atoms with Crippen LogP contribution in [0.4, 0.5) is 0 Å². The molecule has 1 fully saturated rings. The minimum Gasteiger partial charge on any atom is -0.394 e. The van der Waals surface area contributed by atoms with Crippen LogP contribution in [-0.4, -0.2) is 41.9 Å². The molecular formula is C22H28N2O3. The first-order valence-electron chi connectivity index (χ1n) is 9.66. The highest BCUT2D eigenvalue weighted by Gasteiger charge is 2.40. The summed E-state index contributed by atoms with van der Waals surface area (Å²) in [7, 11) is 0. The molecule has 2 heterocycles. The van der Waals surface area contributed by atoms with Crippen molar-refractivity contribution in [1.82, 2.24) is 10.3 Å². The van der Waals surface area contributed by atoms with Crippen molar-refractivity contribution >= 4 is 5.91 Å². The third-order valence-electron chi connectivity index (χ3n) is 5.44. The van der Waals surface area contributed by atoms with E-state index in [1.807, 2.05) is 31.3 Å². The van der Waals surface area contributed by atoms with E-state index in [2.05, 4.69) is 28.5 Å². The summed E-state index contributed by atoms with van der Waals surface area (Å²) in [6, 6.07) is 12.1. The lowest BCUT2D eigenvalue weighted by Crippen LogP contribution is -2.50. The van der Waals surface area contributed by atoms with Gasteiger partial charge in [-0.1, -0.05) is 37.3 Å². The molecule has 0 unspecified atom stereocenters. The quantitative estimate of drug-likeness (QED) is 0.788. The van der Waals surface area contributed by atoms with Crippen LogP contribution in [0.25, 0.3) is 11.1 Å². The first-order valence-corrected chi connectivity index (χ1v) is 9.66. The van der Waals surface area contributed by atoms with E-state index >= 15 is 0 Å². The lowest BCUT2D eigenvalue weighted by Gasteiger charge is -2.37. The highest BCUT2D eigenvalue weighted by molar-refractivity contribution is 5.83. The minimum absolute atomic E-state index is 0.0264. The van der Waals surface area contributed by atoms with E-state index in [4.69, 9.17) is 4.74 Å². The molecule has 1 aromatic heterocycles. The number of pyridine rings is 1. The van der Waals surface area contributed by atoms with Gasteiger partial charge >= 0.3 is 0 Å². The Bertz CT molecular complexity index is 738. The fourth-order valence-electron chi connectivity index (χ4n) is 3.65. The number of ether oxygens (including phenoxy) is 1. The number of nitrogens with one attached hydrogen (secondary N) is 1. The average Bonchev–Trinajstić information content (AvgIpc) is 2.73. The zero-order valence-electron chi connectivity index (χ0n) is 15.9. The van der Waals surface area contributed by atoms with Crippen LogP contribution in [0.15, 0.2) is 48.8 Å². The lowest BCUT2D eigenvalue weighted by molar-refractivity contribution is -0.137.